The Morgan fingerprint density at radius 1 is 1.03 bits per heavy atom. The summed E-state index contributed by atoms with van der Waals surface area (Å²) in [5, 5.41) is 8.95. The third-order valence-electron chi connectivity index (χ3n) is 6.18. The molecule has 0 aliphatic heterocycles. The summed E-state index contributed by atoms with van der Waals surface area (Å²) in [4.78, 5) is 34.5. The number of carbonyl (C=O) groups is 1. The molecule has 0 saturated heterocycles. The molecule has 0 unspecified atom stereocenters. The normalized spacial score (nSPS) is 11.6. The molecule has 10 heteroatoms. The number of aromatic nitrogens is 4. The molecule has 0 aliphatic carbocycles. The molecule has 4 aromatic rings. The highest BCUT2D eigenvalue weighted by molar-refractivity contribution is 6.00. The molecule has 0 fully saturated rings. The molecule has 9 nitrogen and oxygen atoms in total. The van der Waals surface area contributed by atoms with Gasteiger partial charge in [0.15, 0.2) is 5.82 Å². The number of halogens is 1. The number of imidazole rings is 1. The maximum Gasteiger partial charge on any atom is 0.324 e. The van der Waals surface area contributed by atoms with Crippen molar-refractivity contribution in [2.24, 2.45) is 7.05 Å². The van der Waals surface area contributed by atoms with E-state index in [1.807, 2.05) is 32.3 Å². The van der Waals surface area contributed by atoms with Crippen molar-refractivity contribution >= 4 is 34.3 Å². The second kappa shape index (κ2) is 9.10. The summed E-state index contributed by atoms with van der Waals surface area (Å²) in [5.74, 6) is 0.413. The minimum atomic E-state index is -0.638. The molecule has 3 heterocycles. The van der Waals surface area contributed by atoms with Gasteiger partial charge in [-0.2, -0.15) is 0 Å². The quantitative estimate of drug-likeness (QED) is 0.373. The van der Waals surface area contributed by atoms with Crippen LogP contribution in [0.15, 0.2) is 41.6 Å². The number of urea groups is 1. The van der Waals surface area contributed by atoms with Crippen molar-refractivity contribution in [1.82, 2.24) is 19.1 Å². The van der Waals surface area contributed by atoms with Gasteiger partial charge in [-0.05, 0) is 63.9 Å². The van der Waals surface area contributed by atoms with E-state index in [2.05, 4.69) is 25.9 Å². The van der Waals surface area contributed by atoms with E-state index in [0.717, 1.165) is 11.1 Å². The zero-order chi connectivity index (χ0) is 26.4. The van der Waals surface area contributed by atoms with Gasteiger partial charge in [0, 0.05) is 42.8 Å². The van der Waals surface area contributed by atoms with Crippen LogP contribution in [0.4, 0.5) is 26.5 Å². The smallest absolute Gasteiger partial charge is 0.324 e. The van der Waals surface area contributed by atoms with Crippen LogP contribution in [0.25, 0.3) is 22.0 Å². The topological polar surface area (TPSA) is 106 Å². The zero-order valence-corrected chi connectivity index (χ0v) is 21.4. The summed E-state index contributed by atoms with van der Waals surface area (Å²) in [7, 11) is 3.43. The number of aryl methyl sites for hydroxylation is 2. The van der Waals surface area contributed by atoms with Crippen molar-refractivity contribution in [1.29, 1.82) is 0 Å². The highest BCUT2D eigenvalue weighted by Gasteiger charge is 2.20. The maximum absolute atomic E-state index is 14.8. The SMILES string of the molecule is CNc1cc2c(cn1)cc(-c1cc(NC(=O)Nc3ncn(C(C)(C)C)c3C)c(F)cc1C)c(=O)n2C. The molecule has 0 aliphatic rings. The highest BCUT2D eigenvalue weighted by atomic mass is 19.1. The number of nitrogens with zero attached hydrogens (tertiary/aromatic N) is 4. The first-order chi connectivity index (χ1) is 16.9. The number of benzene rings is 1. The molecular formula is C26H30FN7O2. The minimum absolute atomic E-state index is 0.0492. The first-order valence-corrected chi connectivity index (χ1v) is 11.5. The lowest BCUT2D eigenvalue weighted by Gasteiger charge is -2.22. The van der Waals surface area contributed by atoms with Crippen LogP contribution in [0, 0.1) is 19.7 Å². The molecule has 0 bridgehead atoms. The van der Waals surface area contributed by atoms with Crippen LogP contribution in [-0.4, -0.2) is 32.2 Å². The lowest BCUT2D eigenvalue weighted by atomic mass is 9.99. The molecule has 0 atom stereocenters. The van der Waals surface area contributed by atoms with Gasteiger partial charge in [0.2, 0.25) is 0 Å². The largest absolute Gasteiger partial charge is 0.373 e. The Morgan fingerprint density at radius 3 is 2.39 bits per heavy atom. The highest BCUT2D eigenvalue weighted by Crippen LogP contribution is 2.29. The fraction of sp³-hybridized carbons (Fsp3) is 0.308. The number of amides is 2. The number of carbonyl (C=O) groups excluding carboxylic acids is 1. The third kappa shape index (κ3) is 4.53. The molecule has 36 heavy (non-hydrogen) atoms. The molecule has 1 aromatic carbocycles. The van der Waals surface area contributed by atoms with E-state index in [1.54, 1.807) is 45.7 Å². The Kier molecular flexibility index (Phi) is 6.30. The van der Waals surface area contributed by atoms with Crippen molar-refractivity contribution in [2.75, 3.05) is 23.0 Å². The molecule has 188 valence electrons. The van der Waals surface area contributed by atoms with Crippen LogP contribution in [0.5, 0.6) is 0 Å². The number of anilines is 3. The van der Waals surface area contributed by atoms with E-state index >= 15 is 0 Å². The van der Waals surface area contributed by atoms with E-state index in [0.29, 0.717) is 33.8 Å². The Hall–Kier alpha value is -4.21. The van der Waals surface area contributed by atoms with Gasteiger partial charge in [-0.25, -0.2) is 19.2 Å². The van der Waals surface area contributed by atoms with Crippen LogP contribution in [0.3, 0.4) is 0 Å². The van der Waals surface area contributed by atoms with Crippen LogP contribution >= 0.6 is 0 Å². The Bertz CT molecular complexity index is 1550. The standard InChI is InChI=1S/C26H30FN7O2/c1-14-8-19(27)20(31-25(36)32-23-15(2)34(13-30-23)26(3,4)5)10-17(14)18-9-16-12-29-22(28-6)11-21(16)33(7)24(18)35/h8-13H,1-7H3,(H,28,29)(H2,31,32,36). The summed E-state index contributed by atoms with van der Waals surface area (Å²) in [6.45, 7) is 9.66. The fourth-order valence-electron chi connectivity index (χ4n) is 4.22. The zero-order valence-electron chi connectivity index (χ0n) is 21.4. The molecule has 0 saturated carbocycles. The predicted octanol–water partition coefficient (Wildman–Crippen LogP) is 4.99. The van der Waals surface area contributed by atoms with Crippen LogP contribution < -0.4 is 21.5 Å². The third-order valence-corrected chi connectivity index (χ3v) is 6.18. The van der Waals surface area contributed by atoms with Crippen LogP contribution in [0.1, 0.15) is 32.0 Å². The summed E-state index contributed by atoms with van der Waals surface area (Å²) >= 11 is 0. The van der Waals surface area contributed by atoms with Gasteiger partial charge in [-0.1, -0.05) is 0 Å². The van der Waals surface area contributed by atoms with Gasteiger partial charge in [0.05, 0.1) is 23.2 Å². The van der Waals surface area contributed by atoms with Crippen molar-refractivity contribution in [3.8, 4) is 11.1 Å². The Balaban J connectivity index is 1.69. The van der Waals surface area contributed by atoms with Gasteiger partial charge < -0.3 is 19.8 Å². The van der Waals surface area contributed by atoms with Gasteiger partial charge in [0.25, 0.3) is 5.56 Å². The lowest BCUT2D eigenvalue weighted by molar-refractivity contribution is 0.262. The van der Waals surface area contributed by atoms with Gasteiger partial charge in [-0.15, -0.1) is 0 Å². The molecular weight excluding hydrogens is 461 g/mol. The number of rotatable bonds is 4. The van der Waals surface area contributed by atoms with Crippen molar-refractivity contribution in [3.63, 3.8) is 0 Å². The van der Waals surface area contributed by atoms with E-state index in [1.165, 1.54) is 16.7 Å². The van der Waals surface area contributed by atoms with Crippen LogP contribution in [-0.2, 0) is 12.6 Å². The first-order valence-electron chi connectivity index (χ1n) is 11.5. The predicted molar refractivity (Wildman–Crippen MR) is 141 cm³/mol. The molecule has 3 aromatic heterocycles. The second-order valence-electron chi connectivity index (χ2n) is 9.75. The summed E-state index contributed by atoms with van der Waals surface area (Å²) in [5.41, 5.74) is 2.44. The monoisotopic (exact) mass is 491 g/mol. The molecule has 0 radical (unpaired) electrons. The average Bonchev–Trinajstić information content (AvgIpc) is 3.18. The maximum atomic E-state index is 14.8. The Labute approximate surface area is 208 Å². The number of pyridine rings is 2. The molecule has 2 amide bonds. The number of nitrogens with one attached hydrogen (secondary N) is 3. The Morgan fingerprint density at radius 2 is 1.75 bits per heavy atom. The van der Waals surface area contributed by atoms with E-state index in [9.17, 15) is 14.0 Å². The summed E-state index contributed by atoms with van der Waals surface area (Å²) in [6.07, 6.45) is 3.33. The van der Waals surface area contributed by atoms with Crippen molar-refractivity contribution < 1.29 is 9.18 Å². The molecule has 3 N–H and O–H groups in total. The number of hydrogen-bond acceptors (Lipinski definition) is 5. The van der Waals surface area contributed by atoms with E-state index in [4.69, 9.17) is 0 Å². The first kappa shape index (κ1) is 24.9. The fourth-order valence-corrected chi connectivity index (χ4v) is 4.22. The summed E-state index contributed by atoms with van der Waals surface area (Å²) in [6, 6.07) is 5.66. The minimum Gasteiger partial charge on any atom is -0.373 e. The second-order valence-corrected chi connectivity index (χ2v) is 9.75. The summed E-state index contributed by atoms with van der Waals surface area (Å²) < 4.78 is 18.3. The van der Waals surface area contributed by atoms with Crippen LogP contribution in [0.2, 0.25) is 0 Å². The van der Waals surface area contributed by atoms with Gasteiger partial charge in [-0.3, -0.25) is 10.1 Å². The van der Waals surface area contributed by atoms with E-state index < -0.39 is 11.8 Å². The molecule has 4 rings (SSSR count). The molecule has 0 spiro atoms. The lowest BCUT2D eigenvalue weighted by Crippen LogP contribution is -2.24. The van der Waals surface area contributed by atoms with Gasteiger partial charge >= 0.3 is 6.03 Å². The van der Waals surface area contributed by atoms with Gasteiger partial charge in [0.1, 0.15) is 11.6 Å². The van der Waals surface area contributed by atoms with Crippen molar-refractivity contribution in [2.45, 2.75) is 40.2 Å². The number of hydrogen-bond donors (Lipinski definition) is 3. The van der Waals surface area contributed by atoms with E-state index in [-0.39, 0.29) is 16.8 Å². The average molecular weight is 492 g/mol. The van der Waals surface area contributed by atoms with Crippen molar-refractivity contribution in [3.05, 3.63) is 64.2 Å². The number of fused-ring (bicyclic) bond motifs is 1.